The largest absolute Gasteiger partial charge is 0.484 e. The van der Waals surface area contributed by atoms with Crippen molar-refractivity contribution in [3.05, 3.63) is 107 Å². The predicted octanol–water partition coefficient (Wildman–Crippen LogP) is 9.51. The zero-order valence-electron chi connectivity index (χ0n) is 27.9. The summed E-state index contributed by atoms with van der Waals surface area (Å²) in [7, 11) is 1.61. The highest BCUT2D eigenvalue weighted by Gasteiger charge is 2.33. The Morgan fingerprint density at radius 1 is 1.04 bits per heavy atom. The quantitative estimate of drug-likeness (QED) is 0.141. The Bertz CT molecular complexity index is 2040. The van der Waals surface area contributed by atoms with Gasteiger partial charge in [0.15, 0.2) is 0 Å². The minimum Gasteiger partial charge on any atom is -0.484 e. The van der Waals surface area contributed by atoms with Crippen LogP contribution in [-0.4, -0.2) is 32.7 Å². The van der Waals surface area contributed by atoms with Gasteiger partial charge in [-0.15, -0.1) is 11.3 Å². The number of para-hydroxylation sites is 1. The summed E-state index contributed by atoms with van der Waals surface area (Å²) in [5.41, 5.74) is 6.76. The first-order chi connectivity index (χ1) is 23.2. The monoisotopic (exact) mass is 659 g/mol. The lowest BCUT2D eigenvalue weighted by molar-refractivity contribution is -0.146. The summed E-state index contributed by atoms with van der Waals surface area (Å²) in [6.45, 7) is 6.34. The normalized spacial score (nSPS) is 14.2. The zero-order chi connectivity index (χ0) is 33.4. The van der Waals surface area contributed by atoms with Crippen LogP contribution in [0.2, 0.25) is 0 Å². The van der Waals surface area contributed by atoms with E-state index < -0.39 is 11.4 Å². The molecule has 0 saturated heterocycles. The van der Waals surface area contributed by atoms with Crippen LogP contribution in [0.25, 0.3) is 32.2 Å². The summed E-state index contributed by atoms with van der Waals surface area (Å²) in [5, 5.41) is 12.3. The Balaban J connectivity index is 1.27. The second-order valence-corrected chi connectivity index (χ2v) is 14.7. The van der Waals surface area contributed by atoms with Gasteiger partial charge in [-0.1, -0.05) is 55.7 Å². The van der Waals surface area contributed by atoms with Crippen molar-refractivity contribution < 1.29 is 19.4 Å². The fraction of sp³-hybridized carbons (Fsp3) is 0.325. The van der Waals surface area contributed by atoms with E-state index in [2.05, 4.69) is 58.9 Å². The van der Waals surface area contributed by atoms with Gasteiger partial charge in [0.05, 0.1) is 22.7 Å². The Morgan fingerprint density at radius 3 is 2.48 bits per heavy atom. The molecule has 1 N–H and O–H groups in total. The highest BCUT2D eigenvalue weighted by atomic mass is 32.1. The van der Waals surface area contributed by atoms with Gasteiger partial charge in [0.2, 0.25) is 5.88 Å². The van der Waals surface area contributed by atoms with E-state index in [1.54, 1.807) is 18.4 Å². The van der Waals surface area contributed by atoms with Crippen LogP contribution in [0.15, 0.2) is 85.1 Å². The average molecular weight is 660 g/mol. The molecule has 0 amide bonds. The molecule has 1 atom stereocenters. The standard InChI is InChI=1S/C40H41N3O4S/c1-25(38-42-33-10-5-6-11-36(33)48-38)47-30-17-18-34-32(21-30)31(20-26-8-7-9-26)35(22-40(2,3)39(44)45)43(34)24-27-12-14-28(15-13-27)29-16-19-37(46-4)41-23-29/h5-6,10-19,21,23,25-26H,7-9,20,22,24H2,1-4H3,(H,44,45). The summed E-state index contributed by atoms with van der Waals surface area (Å²) in [6.07, 6.45) is 6.66. The SMILES string of the molecule is COc1ccc(-c2ccc(Cn3c(CC(C)(C)C(=O)O)c(CC4CCC4)c4cc(OC(C)c5nc6ccccc6s5)ccc43)cc2)cn1. The van der Waals surface area contributed by atoms with Crippen molar-refractivity contribution in [1.29, 1.82) is 0 Å². The predicted molar refractivity (Wildman–Crippen MR) is 192 cm³/mol. The number of benzene rings is 3. The molecular formula is C40H41N3O4S. The Kier molecular flexibility index (Phi) is 8.69. The Labute approximate surface area is 285 Å². The first-order valence-electron chi connectivity index (χ1n) is 16.7. The van der Waals surface area contributed by atoms with Crippen molar-refractivity contribution in [2.45, 2.75) is 65.5 Å². The van der Waals surface area contributed by atoms with Gasteiger partial charge in [-0.25, -0.2) is 9.97 Å². The number of carboxylic acids is 1. The molecular weight excluding hydrogens is 619 g/mol. The molecule has 1 unspecified atom stereocenters. The van der Waals surface area contributed by atoms with Crippen LogP contribution in [0, 0.1) is 11.3 Å². The lowest BCUT2D eigenvalue weighted by Gasteiger charge is -2.27. The molecule has 3 aromatic heterocycles. The van der Waals surface area contributed by atoms with Gasteiger partial charge in [-0.3, -0.25) is 4.79 Å². The van der Waals surface area contributed by atoms with Crippen LogP contribution >= 0.6 is 11.3 Å². The lowest BCUT2D eigenvalue weighted by atomic mass is 9.79. The fourth-order valence-electron chi connectivity index (χ4n) is 6.60. The lowest BCUT2D eigenvalue weighted by Crippen LogP contribution is -2.28. The van der Waals surface area contributed by atoms with Gasteiger partial charge in [0, 0.05) is 47.4 Å². The number of aliphatic carboxylic acids is 1. The number of thiazole rings is 1. The van der Waals surface area contributed by atoms with E-state index in [1.807, 2.05) is 56.4 Å². The van der Waals surface area contributed by atoms with Crippen LogP contribution in [-0.2, 0) is 24.2 Å². The number of fused-ring (bicyclic) bond motifs is 2. The van der Waals surface area contributed by atoms with Crippen molar-refractivity contribution in [1.82, 2.24) is 14.5 Å². The number of hydrogen-bond donors (Lipinski definition) is 1. The maximum atomic E-state index is 12.5. The Hall–Kier alpha value is -4.69. The van der Waals surface area contributed by atoms with Gasteiger partial charge in [-0.05, 0) is 86.2 Å². The number of hydrogen-bond acceptors (Lipinski definition) is 6. The van der Waals surface area contributed by atoms with Crippen LogP contribution in [0.5, 0.6) is 11.6 Å². The minimum atomic E-state index is -0.924. The first kappa shape index (κ1) is 31.9. The van der Waals surface area contributed by atoms with E-state index in [1.165, 1.54) is 24.8 Å². The Morgan fingerprint density at radius 2 is 1.81 bits per heavy atom. The van der Waals surface area contributed by atoms with Crippen LogP contribution in [0.3, 0.4) is 0 Å². The van der Waals surface area contributed by atoms with Gasteiger partial charge in [-0.2, -0.15) is 0 Å². The molecule has 1 saturated carbocycles. The van der Waals surface area contributed by atoms with E-state index in [0.717, 1.165) is 60.7 Å². The molecule has 0 aliphatic heterocycles. The van der Waals surface area contributed by atoms with Crippen molar-refractivity contribution in [3.8, 4) is 22.8 Å². The zero-order valence-corrected chi connectivity index (χ0v) is 28.7. The smallest absolute Gasteiger partial charge is 0.309 e. The molecule has 1 fully saturated rings. The van der Waals surface area contributed by atoms with Crippen molar-refractivity contribution >= 4 is 38.4 Å². The third-order valence-corrected chi connectivity index (χ3v) is 10.9. The average Bonchev–Trinajstić information content (AvgIpc) is 3.62. The fourth-order valence-corrected chi connectivity index (χ4v) is 7.54. The van der Waals surface area contributed by atoms with E-state index in [0.29, 0.717) is 24.8 Å². The maximum Gasteiger partial charge on any atom is 0.309 e. The summed E-state index contributed by atoms with van der Waals surface area (Å²) in [4.78, 5) is 21.6. The third-order valence-electron chi connectivity index (χ3n) is 9.71. The molecule has 7 rings (SSSR count). The van der Waals surface area contributed by atoms with Crippen molar-refractivity contribution in [2.24, 2.45) is 11.3 Å². The van der Waals surface area contributed by atoms with Crippen molar-refractivity contribution in [3.63, 3.8) is 0 Å². The molecule has 1 aliphatic carbocycles. The van der Waals surface area contributed by atoms with Crippen LogP contribution in [0.4, 0.5) is 0 Å². The number of rotatable bonds is 12. The molecule has 3 aromatic carbocycles. The van der Waals surface area contributed by atoms with E-state index in [-0.39, 0.29) is 6.10 Å². The number of carboxylic acid groups (broad SMARTS) is 1. The summed E-state index contributed by atoms with van der Waals surface area (Å²) in [5.74, 6) is 1.20. The number of methoxy groups -OCH3 is 1. The van der Waals surface area contributed by atoms with Gasteiger partial charge < -0.3 is 19.1 Å². The topological polar surface area (TPSA) is 86.5 Å². The number of pyridine rings is 1. The molecule has 0 spiro atoms. The first-order valence-corrected chi connectivity index (χ1v) is 17.5. The molecule has 0 bridgehead atoms. The molecule has 246 valence electrons. The molecule has 48 heavy (non-hydrogen) atoms. The molecule has 7 nitrogen and oxygen atoms in total. The summed E-state index contributed by atoms with van der Waals surface area (Å²) < 4.78 is 15.3. The van der Waals surface area contributed by atoms with Crippen LogP contribution in [0.1, 0.15) is 68.0 Å². The number of nitrogens with zero attached hydrogens (tertiary/aromatic N) is 3. The number of aromatic nitrogens is 3. The number of ether oxygens (including phenoxy) is 2. The molecule has 8 heteroatoms. The maximum absolute atomic E-state index is 12.5. The van der Waals surface area contributed by atoms with E-state index in [9.17, 15) is 9.90 Å². The highest BCUT2D eigenvalue weighted by Crippen LogP contribution is 2.40. The second-order valence-electron chi connectivity index (χ2n) is 13.6. The third kappa shape index (κ3) is 6.41. The van der Waals surface area contributed by atoms with E-state index >= 15 is 0 Å². The minimum absolute atomic E-state index is 0.207. The molecule has 6 aromatic rings. The summed E-state index contributed by atoms with van der Waals surface area (Å²) >= 11 is 1.66. The van der Waals surface area contributed by atoms with Gasteiger partial charge >= 0.3 is 5.97 Å². The molecule has 1 aliphatic rings. The highest BCUT2D eigenvalue weighted by molar-refractivity contribution is 7.18. The van der Waals surface area contributed by atoms with E-state index in [4.69, 9.17) is 14.5 Å². The number of carbonyl (C=O) groups is 1. The van der Waals surface area contributed by atoms with Crippen LogP contribution < -0.4 is 9.47 Å². The van der Waals surface area contributed by atoms with Gasteiger partial charge in [0.25, 0.3) is 0 Å². The van der Waals surface area contributed by atoms with Crippen molar-refractivity contribution in [2.75, 3.05) is 7.11 Å². The second kappa shape index (κ2) is 13.1. The van der Waals surface area contributed by atoms with Gasteiger partial charge in [0.1, 0.15) is 16.9 Å². The molecule has 3 heterocycles. The molecule has 0 radical (unpaired) electrons. The summed E-state index contributed by atoms with van der Waals surface area (Å²) in [6, 6.07) is 27.0.